The molecule has 1 radical (unpaired) electrons. The summed E-state index contributed by atoms with van der Waals surface area (Å²) in [4.78, 5) is 1.70. The molecule has 0 atom stereocenters. The topological polar surface area (TPSA) is 12.0 Å². The largest absolute Gasteiger partial charge is 0.353 e. The minimum Gasteiger partial charge on any atom is -0.353 e. The molecule has 1 N–H and O–H groups in total. The molecule has 0 aromatic heterocycles. The second-order valence-electron chi connectivity index (χ2n) is 3.61. The molecule has 0 bridgehead atoms. The normalized spacial score (nSPS) is 12.7. The van der Waals surface area contributed by atoms with Crippen LogP contribution in [-0.4, -0.2) is 0 Å². The maximum absolute atomic E-state index is 6.19. The Kier molecular flexibility index (Phi) is 3.33. The number of nitrogens with one attached hydrogen (secondary N) is 1. The highest BCUT2D eigenvalue weighted by atomic mass is 35.5. The highest BCUT2D eigenvalue weighted by Crippen LogP contribution is 2.52. The van der Waals surface area contributed by atoms with Gasteiger partial charge in [-0.15, -0.1) is 0 Å². The van der Waals surface area contributed by atoms with Gasteiger partial charge in [-0.25, -0.2) is 0 Å². The maximum Gasteiger partial charge on any atom is 0.0798 e. The molecular formula is C12H4Cl4NS. The van der Waals surface area contributed by atoms with Crippen LogP contribution in [-0.2, 0) is 0 Å². The van der Waals surface area contributed by atoms with E-state index in [-0.39, 0.29) is 0 Å². The molecule has 0 spiro atoms. The zero-order chi connectivity index (χ0) is 12.9. The Balaban J connectivity index is 2.20. The number of hydrogen-bond donors (Lipinski definition) is 1. The van der Waals surface area contributed by atoms with Gasteiger partial charge >= 0.3 is 0 Å². The Hall–Kier alpha value is -0.250. The van der Waals surface area contributed by atoms with Gasteiger partial charge in [-0.1, -0.05) is 64.2 Å². The van der Waals surface area contributed by atoms with Crippen molar-refractivity contribution in [2.45, 2.75) is 9.79 Å². The second kappa shape index (κ2) is 4.69. The van der Waals surface area contributed by atoms with E-state index >= 15 is 0 Å². The average molecular weight is 336 g/mol. The van der Waals surface area contributed by atoms with Gasteiger partial charge in [0.15, 0.2) is 0 Å². The molecule has 6 heteroatoms. The number of rotatable bonds is 0. The van der Waals surface area contributed by atoms with Gasteiger partial charge in [-0.2, -0.15) is 0 Å². The van der Waals surface area contributed by atoms with Crippen molar-refractivity contribution >= 4 is 69.5 Å². The van der Waals surface area contributed by atoms with E-state index in [2.05, 4.69) is 11.4 Å². The molecule has 1 aliphatic rings. The summed E-state index contributed by atoms with van der Waals surface area (Å²) in [5, 5.41) is 4.89. The molecule has 1 aliphatic heterocycles. The quantitative estimate of drug-likeness (QED) is 0.483. The minimum absolute atomic E-state index is 0.305. The third kappa shape index (κ3) is 1.97. The van der Waals surface area contributed by atoms with Crippen molar-refractivity contribution in [1.29, 1.82) is 0 Å². The molecule has 0 aliphatic carbocycles. The molecule has 2 aromatic rings. The molecule has 1 nitrogen and oxygen atoms in total. The van der Waals surface area contributed by atoms with Gasteiger partial charge in [-0.05, 0) is 12.1 Å². The molecule has 1 heterocycles. The molecule has 0 saturated carbocycles. The van der Waals surface area contributed by atoms with Crippen LogP contribution >= 0.6 is 58.2 Å². The summed E-state index contributed by atoms with van der Waals surface area (Å²) in [6.45, 7) is 0. The lowest BCUT2D eigenvalue weighted by Gasteiger charge is -2.23. The monoisotopic (exact) mass is 334 g/mol. The predicted octanol–water partition coefficient (Wildman–Crippen LogP) is 6.31. The van der Waals surface area contributed by atoms with E-state index in [0.29, 0.717) is 25.8 Å². The van der Waals surface area contributed by atoms with E-state index in [4.69, 9.17) is 46.4 Å². The number of benzene rings is 2. The molecule has 18 heavy (non-hydrogen) atoms. The summed E-state index contributed by atoms with van der Waals surface area (Å²) in [6, 6.07) is 8.61. The van der Waals surface area contributed by atoms with Crippen molar-refractivity contribution in [2.24, 2.45) is 0 Å². The summed E-state index contributed by atoms with van der Waals surface area (Å²) in [5.41, 5.74) is 1.62. The van der Waals surface area contributed by atoms with Crippen molar-refractivity contribution < 1.29 is 0 Å². The van der Waals surface area contributed by atoms with Gasteiger partial charge < -0.3 is 5.32 Å². The lowest BCUT2D eigenvalue weighted by atomic mass is 10.2. The number of hydrogen-bond acceptors (Lipinski definition) is 2. The standard InChI is InChI=1S/C12H4Cl4NS/c13-5-2-1-3-7-11(5)18-12-8(17-7)4-6(14)9(15)10(12)16/h1-3,17H. The first-order chi connectivity index (χ1) is 8.58. The lowest BCUT2D eigenvalue weighted by molar-refractivity contribution is 1.31. The summed E-state index contributed by atoms with van der Waals surface area (Å²) >= 11 is 25.8. The minimum atomic E-state index is 0.305. The second-order valence-corrected chi connectivity index (χ2v) is 6.18. The van der Waals surface area contributed by atoms with Crippen LogP contribution < -0.4 is 5.32 Å². The first kappa shape index (κ1) is 12.8. The number of halogens is 4. The van der Waals surface area contributed by atoms with E-state index in [1.165, 1.54) is 11.8 Å². The zero-order valence-corrected chi connectivity index (χ0v) is 12.5. The van der Waals surface area contributed by atoms with E-state index in [1.807, 2.05) is 18.2 Å². The highest BCUT2D eigenvalue weighted by Gasteiger charge is 2.23. The van der Waals surface area contributed by atoms with Gasteiger partial charge in [0.1, 0.15) is 0 Å². The van der Waals surface area contributed by atoms with Crippen LogP contribution in [0.25, 0.3) is 0 Å². The fraction of sp³-hybridized carbons (Fsp3) is 0. The Morgan fingerprint density at radius 1 is 1.00 bits per heavy atom. The SMILES string of the molecule is Clc1[c]c2c(c(Cl)c1Cl)Sc1c(Cl)cccc1N2. The van der Waals surface area contributed by atoms with Gasteiger partial charge in [-0.3, -0.25) is 0 Å². The van der Waals surface area contributed by atoms with E-state index in [1.54, 1.807) is 0 Å². The fourth-order valence-corrected chi connectivity index (χ4v) is 3.68. The van der Waals surface area contributed by atoms with Gasteiger partial charge in [0, 0.05) is 6.07 Å². The van der Waals surface area contributed by atoms with Crippen LogP contribution in [0.1, 0.15) is 0 Å². The summed E-state index contributed by atoms with van der Waals surface area (Å²) in [6.07, 6.45) is 0. The molecule has 0 amide bonds. The van der Waals surface area contributed by atoms with Crippen molar-refractivity contribution in [3.63, 3.8) is 0 Å². The van der Waals surface area contributed by atoms with Gasteiger partial charge in [0.2, 0.25) is 0 Å². The van der Waals surface area contributed by atoms with Crippen molar-refractivity contribution in [1.82, 2.24) is 0 Å². The smallest absolute Gasteiger partial charge is 0.0798 e. The molecule has 3 rings (SSSR count). The first-order valence-corrected chi connectivity index (χ1v) is 7.24. The Morgan fingerprint density at radius 3 is 2.56 bits per heavy atom. The van der Waals surface area contributed by atoms with E-state index < -0.39 is 0 Å². The summed E-state index contributed by atoms with van der Waals surface area (Å²) in [7, 11) is 0. The van der Waals surface area contributed by atoms with Crippen LogP contribution in [0.5, 0.6) is 0 Å². The fourth-order valence-electron chi connectivity index (χ4n) is 1.66. The maximum atomic E-state index is 6.19. The van der Waals surface area contributed by atoms with Crippen LogP contribution in [0.15, 0.2) is 28.0 Å². The van der Waals surface area contributed by atoms with Crippen LogP contribution in [0, 0.1) is 6.07 Å². The average Bonchev–Trinajstić information content (AvgIpc) is 2.35. The zero-order valence-electron chi connectivity index (χ0n) is 8.65. The van der Waals surface area contributed by atoms with Crippen molar-refractivity contribution in [3.05, 3.63) is 44.4 Å². The lowest BCUT2D eigenvalue weighted by Crippen LogP contribution is -2.01. The third-order valence-corrected chi connectivity index (χ3v) is 5.51. The Bertz CT molecular complexity index is 657. The summed E-state index contributed by atoms with van der Waals surface area (Å²) < 4.78 is 0. The molecule has 0 fully saturated rings. The first-order valence-electron chi connectivity index (χ1n) is 4.91. The van der Waals surface area contributed by atoms with Crippen LogP contribution in [0.4, 0.5) is 11.4 Å². The highest BCUT2D eigenvalue weighted by molar-refractivity contribution is 8.00. The Labute approximate surface area is 128 Å². The molecule has 91 valence electrons. The van der Waals surface area contributed by atoms with E-state index in [9.17, 15) is 0 Å². The molecular weight excluding hydrogens is 332 g/mol. The summed E-state index contributed by atoms with van der Waals surface area (Å²) in [5.74, 6) is 0. The van der Waals surface area contributed by atoms with E-state index in [0.717, 1.165) is 15.5 Å². The molecule has 0 unspecified atom stereocenters. The molecule has 2 aromatic carbocycles. The van der Waals surface area contributed by atoms with Gasteiger partial charge in [0.05, 0.1) is 41.3 Å². The third-order valence-electron chi connectivity index (χ3n) is 2.48. The van der Waals surface area contributed by atoms with Gasteiger partial charge in [0.25, 0.3) is 0 Å². The molecule has 0 saturated heterocycles. The number of anilines is 2. The van der Waals surface area contributed by atoms with Crippen molar-refractivity contribution in [3.8, 4) is 0 Å². The van der Waals surface area contributed by atoms with Crippen LogP contribution in [0.3, 0.4) is 0 Å². The van der Waals surface area contributed by atoms with Crippen molar-refractivity contribution in [2.75, 3.05) is 5.32 Å². The number of fused-ring (bicyclic) bond motifs is 2. The predicted molar refractivity (Wildman–Crippen MR) is 79.2 cm³/mol. The Morgan fingerprint density at radius 2 is 1.78 bits per heavy atom. The van der Waals surface area contributed by atoms with Crippen LogP contribution in [0.2, 0.25) is 20.1 Å².